The zero-order valence-corrected chi connectivity index (χ0v) is 11.8. The van der Waals surface area contributed by atoms with E-state index in [0.717, 1.165) is 0 Å². The summed E-state index contributed by atoms with van der Waals surface area (Å²) < 4.78 is 4.96. The minimum Gasteiger partial charge on any atom is -0.251 e. The van der Waals surface area contributed by atoms with E-state index in [1.807, 2.05) is 11.9 Å². The highest BCUT2D eigenvalue weighted by Crippen LogP contribution is 2.42. The summed E-state index contributed by atoms with van der Waals surface area (Å²) in [5, 5.41) is 0. The number of rotatable bonds is 1. The molecule has 2 aliphatic rings. The van der Waals surface area contributed by atoms with Gasteiger partial charge in [-0.15, -0.1) is 0 Å². The van der Waals surface area contributed by atoms with Gasteiger partial charge in [0.25, 0.3) is 0 Å². The molecule has 14 heavy (non-hydrogen) atoms. The second-order valence-electron chi connectivity index (χ2n) is 4.52. The van der Waals surface area contributed by atoms with Crippen molar-refractivity contribution < 1.29 is 0 Å². The van der Waals surface area contributed by atoms with Gasteiger partial charge in [0.15, 0.2) is 0 Å². The van der Waals surface area contributed by atoms with E-state index in [9.17, 15) is 0 Å². The van der Waals surface area contributed by atoms with Crippen LogP contribution in [0.3, 0.4) is 0 Å². The minimum atomic E-state index is 0.716. The highest BCUT2D eigenvalue weighted by Gasteiger charge is 2.36. The summed E-state index contributed by atoms with van der Waals surface area (Å²) in [4.78, 5) is 0. The largest absolute Gasteiger partial charge is 0.251 e. The molecular formula is C10H19IN2S. The van der Waals surface area contributed by atoms with Gasteiger partial charge >= 0.3 is 0 Å². The van der Waals surface area contributed by atoms with Crippen molar-refractivity contribution in [2.45, 2.75) is 25.7 Å². The van der Waals surface area contributed by atoms with Crippen molar-refractivity contribution in [1.82, 2.24) is 7.42 Å². The van der Waals surface area contributed by atoms with E-state index in [4.69, 9.17) is 0 Å². The molecule has 82 valence electrons. The van der Waals surface area contributed by atoms with Crippen molar-refractivity contribution in [1.29, 1.82) is 0 Å². The van der Waals surface area contributed by atoms with E-state index >= 15 is 0 Å². The molecule has 2 rings (SSSR count). The zero-order chi connectivity index (χ0) is 10.0. The van der Waals surface area contributed by atoms with Crippen LogP contribution in [0, 0.1) is 5.41 Å². The van der Waals surface area contributed by atoms with Crippen molar-refractivity contribution in [3.05, 3.63) is 0 Å². The lowest BCUT2D eigenvalue weighted by Crippen LogP contribution is -2.42. The summed E-state index contributed by atoms with van der Waals surface area (Å²) >= 11 is 4.38. The van der Waals surface area contributed by atoms with Crippen molar-refractivity contribution in [2.75, 3.05) is 32.4 Å². The topological polar surface area (TPSA) is 6.48 Å². The van der Waals surface area contributed by atoms with Gasteiger partial charge in [-0.25, -0.2) is 3.11 Å². The second kappa shape index (κ2) is 4.89. The lowest BCUT2D eigenvalue weighted by molar-refractivity contribution is 0.0967. The first-order chi connectivity index (χ1) is 6.74. The maximum atomic E-state index is 2.52. The van der Waals surface area contributed by atoms with Crippen LogP contribution in [0.5, 0.6) is 0 Å². The lowest BCUT2D eigenvalue weighted by Gasteiger charge is -2.45. The Labute approximate surface area is 105 Å². The van der Waals surface area contributed by atoms with E-state index in [2.05, 4.69) is 36.5 Å². The first-order valence-corrected chi connectivity index (χ1v) is 7.59. The number of halogens is 1. The predicted octanol–water partition coefficient (Wildman–Crippen LogP) is 2.79. The van der Waals surface area contributed by atoms with Crippen LogP contribution in [0.1, 0.15) is 25.7 Å². The fourth-order valence-corrected chi connectivity index (χ4v) is 3.63. The summed E-state index contributed by atoms with van der Waals surface area (Å²) in [6.07, 6.45) is 7.92. The molecule has 0 amide bonds. The minimum absolute atomic E-state index is 0.716. The Bertz CT molecular complexity index is 183. The van der Waals surface area contributed by atoms with Crippen molar-refractivity contribution in [3.63, 3.8) is 0 Å². The molecule has 0 aliphatic carbocycles. The van der Waals surface area contributed by atoms with E-state index in [0.29, 0.717) is 5.41 Å². The van der Waals surface area contributed by atoms with Gasteiger partial charge in [0.05, 0.1) is 0 Å². The molecule has 2 fully saturated rings. The maximum absolute atomic E-state index is 2.52. The van der Waals surface area contributed by atoms with Gasteiger partial charge in [-0.05, 0) is 37.4 Å². The first-order valence-electron chi connectivity index (χ1n) is 5.44. The molecule has 0 atom stereocenters. The van der Waals surface area contributed by atoms with Crippen LogP contribution in [0.4, 0.5) is 0 Å². The van der Waals surface area contributed by atoms with E-state index < -0.39 is 0 Å². The van der Waals surface area contributed by atoms with Gasteiger partial charge in [0.2, 0.25) is 0 Å². The van der Waals surface area contributed by atoms with Gasteiger partial charge < -0.3 is 0 Å². The van der Waals surface area contributed by atoms with Crippen LogP contribution in [-0.2, 0) is 0 Å². The Morgan fingerprint density at radius 1 is 1.00 bits per heavy atom. The molecule has 0 N–H and O–H groups in total. The average Bonchev–Trinajstić information content (AvgIpc) is 2.24. The van der Waals surface area contributed by atoms with Gasteiger partial charge in [-0.3, -0.25) is 4.31 Å². The SMILES string of the molecule is CSN1CCC2(CCN(I)CC2)CC1. The Hall–Kier alpha value is 1.00. The molecule has 1 spiro atoms. The smallest absolute Gasteiger partial charge is 0.0201 e. The second-order valence-corrected chi connectivity index (χ2v) is 6.77. The molecule has 0 aromatic carbocycles. The van der Waals surface area contributed by atoms with Crippen LogP contribution < -0.4 is 0 Å². The first kappa shape index (κ1) is 11.5. The fraction of sp³-hybridized carbons (Fsp3) is 1.00. The molecule has 0 aromatic rings. The molecule has 2 heterocycles. The molecule has 2 saturated heterocycles. The Morgan fingerprint density at radius 3 is 2.00 bits per heavy atom. The maximum Gasteiger partial charge on any atom is 0.0201 e. The molecule has 2 nitrogen and oxygen atoms in total. The molecule has 0 saturated carbocycles. The van der Waals surface area contributed by atoms with E-state index in [-0.39, 0.29) is 0 Å². The summed E-state index contributed by atoms with van der Waals surface area (Å²) in [5.41, 5.74) is 0.716. The third kappa shape index (κ3) is 2.57. The van der Waals surface area contributed by atoms with Crippen molar-refractivity contribution in [2.24, 2.45) is 5.41 Å². The number of hydrogen-bond donors (Lipinski definition) is 0. The van der Waals surface area contributed by atoms with Crippen LogP contribution in [0.25, 0.3) is 0 Å². The number of nitrogens with zero attached hydrogens (tertiary/aromatic N) is 2. The van der Waals surface area contributed by atoms with Crippen LogP contribution in [0.15, 0.2) is 0 Å². The summed E-state index contributed by atoms with van der Waals surface area (Å²) in [7, 11) is 0. The molecule has 0 unspecified atom stereocenters. The van der Waals surface area contributed by atoms with E-state index in [1.165, 1.54) is 51.9 Å². The van der Waals surface area contributed by atoms with Gasteiger partial charge in [-0.1, -0.05) is 11.9 Å². The molecule has 4 heteroatoms. The number of hydrogen-bond acceptors (Lipinski definition) is 3. The normalized spacial score (nSPS) is 29.6. The fourth-order valence-electron chi connectivity index (χ4n) is 2.60. The van der Waals surface area contributed by atoms with Crippen molar-refractivity contribution >= 4 is 34.8 Å². The Balaban J connectivity index is 1.86. The standard InChI is InChI=1S/C10H19IN2S/c1-14-13-8-4-10(5-9-13)2-6-12(11)7-3-10/h2-9H2,1H3. The highest BCUT2D eigenvalue weighted by atomic mass is 127. The molecule has 0 bridgehead atoms. The summed E-state index contributed by atoms with van der Waals surface area (Å²) in [6.45, 7) is 5.23. The molecular weight excluding hydrogens is 307 g/mol. The lowest BCUT2D eigenvalue weighted by atomic mass is 9.72. The third-order valence-corrected chi connectivity index (χ3v) is 5.66. The van der Waals surface area contributed by atoms with Crippen LogP contribution in [-0.4, -0.2) is 39.9 Å². The quantitative estimate of drug-likeness (QED) is 0.416. The van der Waals surface area contributed by atoms with E-state index in [1.54, 1.807) is 0 Å². The summed E-state index contributed by atoms with van der Waals surface area (Å²) in [6, 6.07) is 0. The Kier molecular flexibility index (Phi) is 4.01. The highest BCUT2D eigenvalue weighted by molar-refractivity contribution is 14.1. The Morgan fingerprint density at radius 2 is 1.50 bits per heavy atom. The third-order valence-electron chi connectivity index (χ3n) is 3.81. The molecule has 0 radical (unpaired) electrons. The monoisotopic (exact) mass is 326 g/mol. The van der Waals surface area contributed by atoms with Gasteiger partial charge in [0.1, 0.15) is 0 Å². The summed E-state index contributed by atoms with van der Waals surface area (Å²) in [5.74, 6) is 0. The van der Waals surface area contributed by atoms with Crippen LogP contribution >= 0.6 is 34.8 Å². The number of piperidine rings is 2. The zero-order valence-electron chi connectivity index (χ0n) is 8.84. The average molecular weight is 326 g/mol. The van der Waals surface area contributed by atoms with Crippen molar-refractivity contribution in [3.8, 4) is 0 Å². The van der Waals surface area contributed by atoms with Gasteiger partial charge in [0, 0.05) is 49.0 Å². The molecule has 2 aliphatic heterocycles. The predicted molar refractivity (Wildman–Crippen MR) is 71.6 cm³/mol. The molecule has 0 aromatic heterocycles. The van der Waals surface area contributed by atoms with Gasteiger partial charge in [-0.2, -0.15) is 0 Å². The van der Waals surface area contributed by atoms with Crippen LogP contribution in [0.2, 0.25) is 0 Å².